The summed E-state index contributed by atoms with van der Waals surface area (Å²) in [6, 6.07) is 3.83. The van der Waals surface area contributed by atoms with E-state index in [1.807, 2.05) is 6.07 Å². The molecule has 1 unspecified atom stereocenters. The summed E-state index contributed by atoms with van der Waals surface area (Å²) in [5.41, 5.74) is 1.10. The molecule has 0 radical (unpaired) electrons. The largest absolute Gasteiger partial charge is 0.477 e. The van der Waals surface area contributed by atoms with E-state index in [1.165, 1.54) is 0 Å². The SMILES string of the molecule is CC1CN(C)CCCN1c1ccc(C(=O)O)nc1. The van der Waals surface area contributed by atoms with Gasteiger partial charge in [-0.3, -0.25) is 0 Å². The van der Waals surface area contributed by atoms with Gasteiger partial charge in [-0.05, 0) is 39.1 Å². The Labute approximate surface area is 107 Å². The molecule has 1 fully saturated rings. The van der Waals surface area contributed by atoms with Gasteiger partial charge < -0.3 is 14.9 Å². The fraction of sp³-hybridized carbons (Fsp3) is 0.538. The quantitative estimate of drug-likeness (QED) is 0.856. The van der Waals surface area contributed by atoms with Crippen LogP contribution in [0, 0.1) is 0 Å². The van der Waals surface area contributed by atoms with E-state index in [1.54, 1.807) is 12.3 Å². The van der Waals surface area contributed by atoms with Crippen LogP contribution in [-0.4, -0.2) is 53.7 Å². The normalized spacial score (nSPS) is 21.7. The van der Waals surface area contributed by atoms with E-state index in [0.717, 1.165) is 31.7 Å². The van der Waals surface area contributed by atoms with Crippen LogP contribution in [0.25, 0.3) is 0 Å². The molecule has 1 atom stereocenters. The number of likely N-dealkylation sites (N-methyl/N-ethyl adjacent to an activating group) is 1. The molecule has 5 heteroatoms. The molecule has 1 aromatic heterocycles. The minimum Gasteiger partial charge on any atom is -0.477 e. The zero-order valence-electron chi connectivity index (χ0n) is 10.8. The van der Waals surface area contributed by atoms with Gasteiger partial charge in [0.15, 0.2) is 0 Å². The highest BCUT2D eigenvalue weighted by atomic mass is 16.4. The Kier molecular flexibility index (Phi) is 3.81. The minimum absolute atomic E-state index is 0.0957. The first-order valence-corrected chi connectivity index (χ1v) is 6.22. The molecule has 2 heterocycles. The maximum Gasteiger partial charge on any atom is 0.354 e. The molecule has 0 aromatic carbocycles. The van der Waals surface area contributed by atoms with E-state index in [0.29, 0.717) is 6.04 Å². The topological polar surface area (TPSA) is 56.7 Å². The maximum atomic E-state index is 10.8. The van der Waals surface area contributed by atoms with E-state index in [9.17, 15) is 4.79 Å². The summed E-state index contributed by atoms with van der Waals surface area (Å²) in [7, 11) is 2.13. The Morgan fingerprint density at radius 3 is 2.83 bits per heavy atom. The highest BCUT2D eigenvalue weighted by Crippen LogP contribution is 2.19. The van der Waals surface area contributed by atoms with Crippen LogP contribution in [0.4, 0.5) is 5.69 Å². The molecule has 18 heavy (non-hydrogen) atoms. The summed E-state index contributed by atoms with van der Waals surface area (Å²) in [4.78, 5) is 19.4. The standard InChI is InChI=1S/C13H19N3O2/c1-10-9-15(2)6-3-7-16(10)11-4-5-12(13(17)18)14-8-11/h4-5,8,10H,3,6-7,9H2,1-2H3,(H,17,18). The van der Waals surface area contributed by atoms with Crippen molar-refractivity contribution in [1.82, 2.24) is 9.88 Å². The van der Waals surface area contributed by atoms with Crippen LogP contribution >= 0.6 is 0 Å². The van der Waals surface area contributed by atoms with Gasteiger partial charge in [-0.2, -0.15) is 0 Å². The molecule has 2 rings (SSSR count). The van der Waals surface area contributed by atoms with Gasteiger partial charge in [-0.15, -0.1) is 0 Å². The summed E-state index contributed by atoms with van der Waals surface area (Å²) in [6.45, 7) is 5.29. The number of rotatable bonds is 2. The summed E-state index contributed by atoms with van der Waals surface area (Å²) >= 11 is 0. The van der Waals surface area contributed by atoms with Crippen molar-refractivity contribution in [2.75, 3.05) is 31.6 Å². The van der Waals surface area contributed by atoms with Crippen LogP contribution in [-0.2, 0) is 0 Å². The Hall–Kier alpha value is -1.62. The van der Waals surface area contributed by atoms with E-state index in [2.05, 4.69) is 28.8 Å². The van der Waals surface area contributed by atoms with Crippen molar-refractivity contribution < 1.29 is 9.90 Å². The number of nitrogens with zero attached hydrogens (tertiary/aromatic N) is 3. The van der Waals surface area contributed by atoms with Gasteiger partial charge in [0.25, 0.3) is 0 Å². The number of carboxylic acid groups (broad SMARTS) is 1. The second kappa shape index (κ2) is 5.35. The van der Waals surface area contributed by atoms with Crippen molar-refractivity contribution in [3.05, 3.63) is 24.0 Å². The van der Waals surface area contributed by atoms with Crippen molar-refractivity contribution in [1.29, 1.82) is 0 Å². The highest BCUT2D eigenvalue weighted by molar-refractivity contribution is 5.85. The second-order valence-electron chi connectivity index (χ2n) is 4.87. The van der Waals surface area contributed by atoms with Gasteiger partial charge >= 0.3 is 5.97 Å². The molecule has 0 spiro atoms. The van der Waals surface area contributed by atoms with E-state index >= 15 is 0 Å². The monoisotopic (exact) mass is 249 g/mol. The van der Waals surface area contributed by atoms with Crippen molar-refractivity contribution in [3.8, 4) is 0 Å². The van der Waals surface area contributed by atoms with Crippen molar-refractivity contribution >= 4 is 11.7 Å². The first-order valence-electron chi connectivity index (χ1n) is 6.22. The smallest absolute Gasteiger partial charge is 0.354 e. The number of aromatic nitrogens is 1. The van der Waals surface area contributed by atoms with Crippen LogP contribution in [0.15, 0.2) is 18.3 Å². The number of carboxylic acids is 1. The van der Waals surface area contributed by atoms with E-state index in [-0.39, 0.29) is 5.69 Å². The van der Waals surface area contributed by atoms with Gasteiger partial charge in [-0.25, -0.2) is 9.78 Å². The lowest BCUT2D eigenvalue weighted by Crippen LogP contribution is -2.38. The summed E-state index contributed by atoms with van der Waals surface area (Å²) in [5, 5.41) is 8.83. The average Bonchev–Trinajstić information content (AvgIpc) is 2.50. The average molecular weight is 249 g/mol. The molecule has 1 aliphatic rings. The Morgan fingerprint density at radius 2 is 2.22 bits per heavy atom. The van der Waals surface area contributed by atoms with E-state index in [4.69, 9.17) is 5.11 Å². The molecule has 0 amide bonds. The maximum absolute atomic E-state index is 10.8. The fourth-order valence-electron chi connectivity index (χ4n) is 2.44. The van der Waals surface area contributed by atoms with Gasteiger partial charge in [-0.1, -0.05) is 0 Å². The zero-order valence-corrected chi connectivity index (χ0v) is 10.8. The highest BCUT2D eigenvalue weighted by Gasteiger charge is 2.20. The van der Waals surface area contributed by atoms with Crippen LogP contribution in [0.5, 0.6) is 0 Å². The molecule has 0 bridgehead atoms. The molecular formula is C13H19N3O2. The predicted molar refractivity (Wildman–Crippen MR) is 70.1 cm³/mol. The third-order valence-corrected chi connectivity index (χ3v) is 3.35. The second-order valence-corrected chi connectivity index (χ2v) is 4.87. The molecule has 98 valence electrons. The fourth-order valence-corrected chi connectivity index (χ4v) is 2.44. The molecule has 5 nitrogen and oxygen atoms in total. The van der Waals surface area contributed by atoms with Gasteiger partial charge in [0.1, 0.15) is 5.69 Å². The minimum atomic E-state index is -0.981. The number of anilines is 1. The van der Waals surface area contributed by atoms with Crippen LogP contribution in [0.3, 0.4) is 0 Å². The van der Waals surface area contributed by atoms with Crippen molar-refractivity contribution in [3.63, 3.8) is 0 Å². The molecule has 1 N–H and O–H groups in total. The lowest BCUT2D eigenvalue weighted by molar-refractivity contribution is 0.0690. The van der Waals surface area contributed by atoms with Gasteiger partial charge in [0.2, 0.25) is 0 Å². The van der Waals surface area contributed by atoms with Crippen molar-refractivity contribution in [2.24, 2.45) is 0 Å². The predicted octanol–water partition coefficient (Wildman–Crippen LogP) is 1.31. The molecule has 0 saturated carbocycles. The van der Waals surface area contributed by atoms with Crippen LogP contribution in [0.1, 0.15) is 23.8 Å². The molecule has 1 aliphatic heterocycles. The summed E-state index contributed by atoms with van der Waals surface area (Å²) in [5.74, 6) is -0.981. The number of hydrogen-bond donors (Lipinski definition) is 1. The number of hydrogen-bond acceptors (Lipinski definition) is 4. The third kappa shape index (κ3) is 2.79. The first-order chi connectivity index (χ1) is 8.58. The summed E-state index contributed by atoms with van der Waals surface area (Å²) < 4.78 is 0. The molecule has 1 saturated heterocycles. The Morgan fingerprint density at radius 1 is 1.44 bits per heavy atom. The Bertz CT molecular complexity index is 419. The summed E-state index contributed by atoms with van der Waals surface area (Å²) in [6.07, 6.45) is 2.77. The lowest BCUT2D eigenvalue weighted by Gasteiger charge is -2.29. The Balaban J connectivity index is 2.16. The van der Waals surface area contributed by atoms with Crippen LogP contribution < -0.4 is 4.90 Å². The lowest BCUT2D eigenvalue weighted by atomic mass is 10.2. The van der Waals surface area contributed by atoms with E-state index < -0.39 is 5.97 Å². The van der Waals surface area contributed by atoms with Crippen molar-refractivity contribution in [2.45, 2.75) is 19.4 Å². The molecule has 0 aliphatic carbocycles. The molecular weight excluding hydrogens is 230 g/mol. The number of pyridine rings is 1. The van der Waals surface area contributed by atoms with Crippen LogP contribution in [0.2, 0.25) is 0 Å². The first kappa shape index (κ1) is 12.8. The molecule has 1 aromatic rings. The number of carbonyl (C=O) groups is 1. The third-order valence-electron chi connectivity index (χ3n) is 3.35. The van der Waals surface area contributed by atoms with Gasteiger partial charge in [0, 0.05) is 19.1 Å². The zero-order chi connectivity index (χ0) is 13.1. The van der Waals surface area contributed by atoms with Gasteiger partial charge in [0.05, 0.1) is 11.9 Å². The number of aromatic carboxylic acids is 1.